The first-order valence-corrected chi connectivity index (χ1v) is 4.25. The van der Waals surface area contributed by atoms with Gasteiger partial charge in [0.25, 0.3) is 0 Å². The molecule has 1 rings (SSSR count). The van der Waals surface area contributed by atoms with Crippen LogP contribution in [0.1, 0.15) is 13.3 Å². The van der Waals surface area contributed by atoms with Crippen molar-refractivity contribution in [2.24, 2.45) is 5.41 Å². The van der Waals surface area contributed by atoms with Gasteiger partial charge in [0.2, 0.25) is 0 Å². The smallest absolute Gasteiger partial charge is 0.0133 e. The molecule has 1 aliphatic heterocycles. The summed E-state index contributed by atoms with van der Waals surface area (Å²) in [4.78, 5) is 0. The Bertz CT molecular complexity index is 121. The molecular weight excluding hydrogens is 138 g/mol. The number of nitrogens with zero attached hydrogens (tertiary/aromatic N) is 1. The molecule has 3 nitrogen and oxygen atoms in total. The molecule has 66 valence electrons. The Balaban J connectivity index is 2.11. The van der Waals surface area contributed by atoms with E-state index in [1.807, 2.05) is 7.05 Å². The van der Waals surface area contributed by atoms with Crippen molar-refractivity contribution < 1.29 is 0 Å². The largest absolute Gasteiger partial charge is 0.316 e. The summed E-state index contributed by atoms with van der Waals surface area (Å²) in [6.07, 6.45) is 1.28. The van der Waals surface area contributed by atoms with Gasteiger partial charge in [-0.2, -0.15) is 0 Å². The lowest BCUT2D eigenvalue weighted by atomic mass is 9.81. The molecule has 1 aliphatic rings. The highest BCUT2D eigenvalue weighted by atomic mass is 15.5. The molecule has 11 heavy (non-hydrogen) atoms. The predicted molar refractivity (Wildman–Crippen MR) is 47.3 cm³/mol. The quantitative estimate of drug-likeness (QED) is 0.565. The molecule has 0 radical (unpaired) electrons. The van der Waals surface area contributed by atoms with Gasteiger partial charge in [-0.1, -0.05) is 6.92 Å². The van der Waals surface area contributed by atoms with Crippen LogP contribution in [0.25, 0.3) is 0 Å². The molecule has 0 spiro atoms. The average molecular weight is 157 g/mol. The lowest BCUT2D eigenvalue weighted by Crippen LogP contribution is -2.52. The molecule has 1 heterocycles. The fourth-order valence-corrected chi connectivity index (χ4v) is 1.28. The highest BCUT2D eigenvalue weighted by Crippen LogP contribution is 2.25. The molecule has 0 aromatic carbocycles. The van der Waals surface area contributed by atoms with Gasteiger partial charge >= 0.3 is 0 Å². The van der Waals surface area contributed by atoms with Crippen LogP contribution in [-0.4, -0.2) is 38.7 Å². The molecule has 0 unspecified atom stereocenters. The SMILES string of the molecule is CNN(C)CCC1(C)CNC1. The Morgan fingerprint density at radius 2 is 2.18 bits per heavy atom. The lowest BCUT2D eigenvalue weighted by molar-refractivity contribution is 0.139. The topological polar surface area (TPSA) is 27.3 Å². The van der Waals surface area contributed by atoms with Crippen molar-refractivity contribution in [3.63, 3.8) is 0 Å². The molecule has 0 aromatic heterocycles. The first-order chi connectivity index (χ1) is 5.16. The third-order valence-electron chi connectivity index (χ3n) is 2.54. The first-order valence-electron chi connectivity index (χ1n) is 4.25. The second-order valence-electron chi connectivity index (χ2n) is 3.81. The van der Waals surface area contributed by atoms with E-state index >= 15 is 0 Å². The van der Waals surface area contributed by atoms with E-state index in [1.165, 1.54) is 19.5 Å². The van der Waals surface area contributed by atoms with Crippen LogP contribution in [0, 0.1) is 5.41 Å². The summed E-state index contributed by atoms with van der Waals surface area (Å²) >= 11 is 0. The third-order valence-corrected chi connectivity index (χ3v) is 2.54. The molecule has 3 heteroatoms. The van der Waals surface area contributed by atoms with Gasteiger partial charge in [0.1, 0.15) is 0 Å². The molecule has 1 saturated heterocycles. The van der Waals surface area contributed by atoms with E-state index in [2.05, 4.69) is 29.7 Å². The van der Waals surface area contributed by atoms with Crippen LogP contribution >= 0.6 is 0 Å². The van der Waals surface area contributed by atoms with Crippen LogP contribution in [0.2, 0.25) is 0 Å². The average Bonchev–Trinajstić information content (AvgIpc) is 1.96. The summed E-state index contributed by atoms with van der Waals surface area (Å²) in [5, 5.41) is 5.43. The van der Waals surface area contributed by atoms with E-state index in [0.29, 0.717) is 5.41 Å². The van der Waals surface area contributed by atoms with Crippen LogP contribution < -0.4 is 10.7 Å². The van der Waals surface area contributed by atoms with E-state index in [9.17, 15) is 0 Å². The number of hydrogen-bond donors (Lipinski definition) is 2. The van der Waals surface area contributed by atoms with Crippen LogP contribution in [0.4, 0.5) is 0 Å². The van der Waals surface area contributed by atoms with Gasteiger partial charge in [-0.3, -0.25) is 5.43 Å². The number of nitrogens with one attached hydrogen (secondary N) is 2. The van der Waals surface area contributed by atoms with Crippen LogP contribution in [-0.2, 0) is 0 Å². The zero-order valence-electron chi connectivity index (χ0n) is 7.78. The zero-order valence-corrected chi connectivity index (χ0v) is 7.78. The number of hydrazine groups is 1. The van der Waals surface area contributed by atoms with Gasteiger partial charge in [0.15, 0.2) is 0 Å². The van der Waals surface area contributed by atoms with Crippen molar-refractivity contribution in [3.8, 4) is 0 Å². The zero-order chi connectivity index (χ0) is 8.32. The van der Waals surface area contributed by atoms with Crippen molar-refractivity contribution in [3.05, 3.63) is 0 Å². The standard InChI is InChI=1S/C8H19N3/c1-8(6-10-7-8)4-5-11(3)9-2/h9-10H,4-7H2,1-3H3. The van der Waals surface area contributed by atoms with E-state index < -0.39 is 0 Å². The van der Waals surface area contributed by atoms with E-state index in [0.717, 1.165) is 6.54 Å². The minimum Gasteiger partial charge on any atom is -0.316 e. The monoisotopic (exact) mass is 157 g/mol. The number of hydrogen-bond acceptors (Lipinski definition) is 3. The fourth-order valence-electron chi connectivity index (χ4n) is 1.28. The molecular formula is C8H19N3. The van der Waals surface area contributed by atoms with Gasteiger partial charge < -0.3 is 5.32 Å². The highest BCUT2D eigenvalue weighted by Gasteiger charge is 2.30. The minimum atomic E-state index is 0.561. The minimum absolute atomic E-state index is 0.561. The lowest BCUT2D eigenvalue weighted by Gasteiger charge is -2.40. The highest BCUT2D eigenvalue weighted by molar-refractivity contribution is 4.88. The van der Waals surface area contributed by atoms with Crippen LogP contribution in [0.3, 0.4) is 0 Å². The summed E-state index contributed by atoms with van der Waals surface area (Å²) in [5.74, 6) is 0. The van der Waals surface area contributed by atoms with E-state index in [-0.39, 0.29) is 0 Å². The fraction of sp³-hybridized carbons (Fsp3) is 1.00. The molecule has 1 fully saturated rings. The van der Waals surface area contributed by atoms with Crippen LogP contribution in [0.15, 0.2) is 0 Å². The Morgan fingerprint density at radius 3 is 2.55 bits per heavy atom. The Hall–Kier alpha value is -0.120. The van der Waals surface area contributed by atoms with Gasteiger partial charge in [-0.25, -0.2) is 5.01 Å². The van der Waals surface area contributed by atoms with Crippen LogP contribution in [0.5, 0.6) is 0 Å². The first kappa shape index (κ1) is 8.97. The predicted octanol–water partition coefficient (Wildman–Crippen LogP) is 0.0522. The van der Waals surface area contributed by atoms with Crippen molar-refractivity contribution in [2.75, 3.05) is 33.7 Å². The van der Waals surface area contributed by atoms with E-state index in [4.69, 9.17) is 0 Å². The maximum atomic E-state index is 3.30. The van der Waals surface area contributed by atoms with Crippen molar-refractivity contribution >= 4 is 0 Å². The molecule has 0 saturated carbocycles. The van der Waals surface area contributed by atoms with Gasteiger partial charge in [0.05, 0.1) is 0 Å². The van der Waals surface area contributed by atoms with Gasteiger partial charge in [0, 0.05) is 26.7 Å². The van der Waals surface area contributed by atoms with Crippen molar-refractivity contribution in [2.45, 2.75) is 13.3 Å². The van der Waals surface area contributed by atoms with Crippen molar-refractivity contribution in [1.82, 2.24) is 15.8 Å². The molecule has 0 bridgehead atoms. The van der Waals surface area contributed by atoms with Gasteiger partial charge in [-0.05, 0) is 18.9 Å². The summed E-state index contributed by atoms with van der Waals surface area (Å²) < 4.78 is 0. The maximum Gasteiger partial charge on any atom is 0.0133 e. The number of rotatable bonds is 4. The molecule has 0 aromatic rings. The summed E-state index contributed by atoms with van der Waals surface area (Å²) in [5.41, 5.74) is 3.66. The molecule has 2 N–H and O–H groups in total. The molecule has 0 aliphatic carbocycles. The molecule has 0 amide bonds. The summed E-state index contributed by atoms with van der Waals surface area (Å²) in [6, 6.07) is 0. The Labute approximate surface area is 69.1 Å². The Kier molecular flexibility index (Phi) is 2.87. The summed E-state index contributed by atoms with van der Waals surface area (Å²) in [7, 11) is 4.04. The summed E-state index contributed by atoms with van der Waals surface area (Å²) in [6.45, 7) is 5.84. The third kappa shape index (κ3) is 2.43. The molecule has 0 atom stereocenters. The second-order valence-corrected chi connectivity index (χ2v) is 3.81. The second kappa shape index (κ2) is 3.52. The van der Waals surface area contributed by atoms with Gasteiger partial charge in [-0.15, -0.1) is 0 Å². The van der Waals surface area contributed by atoms with Crippen molar-refractivity contribution in [1.29, 1.82) is 0 Å². The maximum absolute atomic E-state index is 3.30. The Morgan fingerprint density at radius 1 is 1.55 bits per heavy atom. The van der Waals surface area contributed by atoms with E-state index in [1.54, 1.807) is 0 Å². The normalized spacial score (nSPS) is 21.8.